The summed E-state index contributed by atoms with van der Waals surface area (Å²) >= 11 is 0. The van der Waals surface area contributed by atoms with Crippen LogP contribution in [0, 0.1) is 27.7 Å². The van der Waals surface area contributed by atoms with Gasteiger partial charge in [0.1, 0.15) is 31.6 Å². The van der Waals surface area contributed by atoms with Gasteiger partial charge in [-0.25, -0.2) is 26.0 Å². The first kappa shape index (κ1) is 44.9. The number of hydrogen-bond acceptors (Lipinski definition) is 14. The van der Waals surface area contributed by atoms with Gasteiger partial charge in [0.15, 0.2) is 0 Å². The zero-order valence-electron chi connectivity index (χ0n) is 34.7. The smallest absolute Gasteiger partial charge is 0.403 e. The van der Waals surface area contributed by atoms with Crippen LogP contribution in [0.4, 0.5) is 34.6 Å². The Morgan fingerprint density at radius 3 is 1.13 bits per heavy atom. The van der Waals surface area contributed by atoms with E-state index in [0.29, 0.717) is 11.9 Å². The monoisotopic (exact) mass is 856 g/mol. The minimum atomic E-state index is -4.27. The minimum absolute atomic E-state index is 0.178. The van der Waals surface area contributed by atoms with E-state index in [0.717, 1.165) is 59.8 Å². The molecule has 0 atom stereocenters. The maximum Gasteiger partial charge on any atom is 0.403 e. The summed E-state index contributed by atoms with van der Waals surface area (Å²) in [5.74, 6) is 1.39. The van der Waals surface area contributed by atoms with Crippen LogP contribution in [0.1, 0.15) is 22.3 Å². The first-order valence-corrected chi connectivity index (χ1v) is 21.5. The van der Waals surface area contributed by atoms with E-state index in [2.05, 4.69) is 78.6 Å². The normalized spacial score (nSPS) is 13.3. The number of piperazine rings is 1. The van der Waals surface area contributed by atoms with Crippen molar-refractivity contribution in [2.24, 2.45) is 48.6 Å². The van der Waals surface area contributed by atoms with Gasteiger partial charge in [0.2, 0.25) is 12.7 Å². The Kier molecular flexibility index (Phi) is 14.4. The van der Waals surface area contributed by atoms with Crippen LogP contribution in [0.3, 0.4) is 0 Å². The van der Waals surface area contributed by atoms with Crippen molar-refractivity contribution in [3.8, 4) is 0 Å². The Morgan fingerprint density at radius 2 is 0.867 bits per heavy atom. The molecule has 60 heavy (non-hydrogen) atoms. The summed E-state index contributed by atoms with van der Waals surface area (Å²) in [7, 11) is -1.02. The molecule has 1 fully saturated rings. The molecule has 1 aliphatic heterocycles. The van der Waals surface area contributed by atoms with E-state index in [1.54, 1.807) is 46.3 Å². The molecule has 0 amide bonds. The summed E-state index contributed by atoms with van der Waals surface area (Å²) in [5.41, 5.74) is 8.19. The quantitative estimate of drug-likeness (QED) is 0.108. The van der Waals surface area contributed by atoms with Crippen LogP contribution in [0.15, 0.2) is 128 Å². The third kappa shape index (κ3) is 11.9. The van der Waals surface area contributed by atoms with Crippen molar-refractivity contribution < 1.29 is 35.1 Å². The number of benzene rings is 4. The van der Waals surface area contributed by atoms with Crippen LogP contribution < -0.4 is 18.9 Å². The number of azo groups is 2. The Balaban J connectivity index is 0.000000252. The lowest BCUT2D eigenvalue weighted by Gasteiger charge is -2.37. The lowest BCUT2D eigenvalue weighted by molar-refractivity contribution is -0.659. The Labute approximate surface area is 350 Å². The second kappa shape index (κ2) is 19.2. The van der Waals surface area contributed by atoms with Crippen LogP contribution in [-0.4, -0.2) is 71.7 Å². The maximum atomic E-state index is 10.4. The molecule has 0 radical (unpaired) electrons. The molecule has 7 rings (SSSR count). The van der Waals surface area contributed by atoms with Gasteiger partial charge in [0, 0.05) is 47.8 Å². The fourth-order valence-electron chi connectivity index (χ4n) is 5.97. The van der Waals surface area contributed by atoms with Crippen molar-refractivity contribution in [2.45, 2.75) is 37.5 Å². The molecule has 3 heterocycles. The van der Waals surface area contributed by atoms with Crippen molar-refractivity contribution >= 4 is 54.9 Å². The topological polar surface area (TPSA) is 214 Å². The molecule has 18 nitrogen and oxygen atoms in total. The van der Waals surface area contributed by atoms with Gasteiger partial charge in [0.05, 0.1) is 38.0 Å². The summed E-state index contributed by atoms with van der Waals surface area (Å²) in [6.45, 7) is 11.6. The van der Waals surface area contributed by atoms with E-state index in [4.69, 9.17) is 0 Å². The minimum Gasteiger partial charge on any atom is -0.744 e. The number of rotatable bonds is 8. The summed E-state index contributed by atoms with van der Waals surface area (Å²) in [4.78, 5) is 4.50. The molecule has 4 aromatic carbocycles. The summed E-state index contributed by atoms with van der Waals surface area (Å²) in [5, 5.41) is 26.0. The Morgan fingerprint density at radius 1 is 0.533 bits per heavy atom. The van der Waals surface area contributed by atoms with Crippen molar-refractivity contribution in [1.29, 1.82) is 0 Å². The average Bonchev–Trinajstić information content (AvgIpc) is 3.70. The average molecular weight is 857 g/mol. The predicted octanol–water partition coefficient (Wildman–Crippen LogP) is 5.38. The SMILES string of the molecule is Cc1cc(N2CCN(c3ccc(N=Nc4n(C)nc[n+]4C)c(C)c3)CC2)ccc1N=Nc1n(C)nc[n+]1C.Cc1ccc(S(=O)(=O)[O-])cc1.Cc1ccc(S(=O)(=O)[O-])cc1. The van der Waals surface area contributed by atoms with Gasteiger partial charge in [-0.15, -0.1) is 9.36 Å². The van der Waals surface area contributed by atoms with E-state index in [9.17, 15) is 25.9 Å². The van der Waals surface area contributed by atoms with E-state index in [1.807, 2.05) is 63.3 Å². The third-order valence-corrected chi connectivity index (χ3v) is 11.2. The number of nitrogens with zero attached hydrogens (tertiary/aromatic N) is 12. The number of aryl methyl sites for hydroxylation is 8. The van der Waals surface area contributed by atoms with Gasteiger partial charge in [-0.3, -0.25) is 0 Å². The molecule has 0 spiro atoms. The molecule has 0 bridgehead atoms. The largest absolute Gasteiger partial charge is 0.744 e. The van der Waals surface area contributed by atoms with Crippen molar-refractivity contribution in [3.05, 3.63) is 120 Å². The molecular weight excluding hydrogens is 809 g/mol. The zero-order chi connectivity index (χ0) is 43.8. The highest BCUT2D eigenvalue weighted by molar-refractivity contribution is 7.86. The molecule has 20 heteroatoms. The molecule has 0 saturated carbocycles. The Hall–Kier alpha value is -6.22. The Bertz CT molecular complexity index is 2480. The highest BCUT2D eigenvalue weighted by Gasteiger charge is 2.20. The van der Waals surface area contributed by atoms with Gasteiger partial charge >= 0.3 is 11.9 Å². The second-order valence-electron chi connectivity index (χ2n) is 14.2. The molecular formula is C40H48N12O6S2. The number of aromatic nitrogens is 6. The second-order valence-corrected chi connectivity index (χ2v) is 16.9. The van der Waals surface area contributed by atoms with Crippen molar-refractivity contribution in [1.82, 2.24) is 19.6 Å². The van der Waals surface area contributed by atoms with Gasteiger partial charge in [-0.1, -0.05) is 45.6 Å². The van der Waals surface area contributed by atoms with E-state index in [1.165, 1.54) is 35.6 Å². The summed E-state index contributed by atoms with van der Waals surface area (Å²) in [6.07, 6.45) is 3.43. The first-order valence-electron chi connectivity index (χ1n) is 18.6. The fraction of sp³-hybridized carbons (Fsp3) is 0.300. The van der Waals surface area contributed by atoms with Crippen LogP contribution in [-0.2, 0) is 48.4 Å². The molecule has 2 aromatic heterocycles. The third-order valence-electron chi connectivity index (χ3n) is 9.49. The fourth-order valence-corrected chi connectivity index (χ4v) is 6.91. The van der Waals surface area contributed by atoms with Gasteiger partial charge in [-0.05, 0) is 110 Å². The highest BCUT2D eigenvalue weighted by atomic mass is 32.2. The van der Waals surface area contributed by atoms with Gasteiger partial charge in [-0.2, -0.15) is 0 Å². The van der Waals surface area contributed by atoms with Crippen LogP contribution in [0.5, 0.6) is 0 Å². The molecule has 1 saturated heterocycles. The van der Waals surface area contributed by atoms with Crippen LogP contribution in [0.25, 0.3) is 0 Å². The molecule has 316 valence electrons. The van der Waals surface area contributed by atoms with E-state index >= 15 is 0 Å². The highest BCUT2D eigenvalue weighted by Crippen LogP contribution is 2.30. The first-order chi connectivity index (χ1) is 28.3. The van der Waals surface area contributed by atoms with Crippen molar-refractivity contribution in [3.63, 3.8) is 0 Å². The molecule has 1 aliphatic rings. The van der Waals surface area contributed by atoms with Gasteiger partial charge < -0.3 is 18.9 Å². The van der Waals surface area contributed by atoms with Crippen LogP contribution in [0.2, 0.25) is 0 Å². The standard InChI is InChI=1S/C26H34N12.2C7H8O3S/c1-19-15-21(7-9-23(19)29-31-25-33(3)17-27-35(25)5)37-11-13-38(14-12-37)22-8-10-24(20(2)16-22)30-32-26-34(4)18-28-36(26)6;2*1-6-2-4-7(5-3-6)11(8,9)10/h7-10,15-18H,11-14H2,1-6H3;2*2-5H,1H3,(H,8,9,10)/q+2;;/p-2. The van der Waals surface area contributed by atoms with Gasteiger partial charge in [0.25, 0.3) is 0 Å². The van der Waals surface area contributed by atoms with Crippen molar-refractivity contribution in [2.75, 3.05) is 36.0 Å². The maximum absolute atomic E-state index is 10.4. The number of hydrogen-bond donors (Lipinski definition) is 0. The summed E-state index contributed by atoms with van der Waals surface area (Å²) < 4.78 is 69.4. The van der Waals surface area contributed by atoms with E-state index in [-0.39, 0.29) is 9.79 Å². The van der Waals surface area contributed by atoms with Crippen LogP contribution >= 0.6 is 0 Å². The molecule has 0 unspecified atom stereocenters. The predicted molar refractivity (Wildman–Crippen MR) is 222 cm³/mol. The molecule has 0 N–H and O–H groups in total. The van der Waals surface area contributed by atoms with E-state index < -0.39 is 20.2 Å². The molecule has 6 aromatic rings. The lowest BCUT2D eigenvalue weighted by atomic mass is 10.1. The number of anilines is 2. The molecule has 0 aliphatic carbocycles. The summed E-state index contributed by atoms with van der Waals surface area (Å²) in [6, 6.07) is 24.3. The zero-order valence-corrected chi connectivity index (χ0v) is 36.3. The lowest BCUT2D eigenvalue weighted by Crippen LogP contribution is -2.46.